The second-order valence-corrected chi connectivity index (χ2v) is 1.75. The second kappa shape index (κ2) is 51.7. The molecule has 0 rings (SSSR count). The Bertz CT molecular complexity index is 29.3. The third-order valence-electron chi connectivity index (χ3n) is 0.985. The fourth-order valence-corrected chi connectivity index (χ4v) is 0.520. The van der Waals surface area contributed by atoms with Gasteiger partial charge >= 0.3 is 0 Å². The molecule has 0 heterocycles. The van der Waals surface area contributed by atoms with E-state index in [0.717, 1.165) is 6.54 Å². The topological polar surface area (TPSA) is 14.1 Å². The van der Waals surface area contributed by atoms with Gasteiger partial charge in [0.2, 0.25) is 0 Å². The third kappa shape index (κ3) is 62.4. The molecular weight excluding hydrogens is 235 g/mol. The largest absolute Gasteiger partial charge is 0.665 e. The molecule has 0 aromatic heterocycles. The van der Waals surface area contributed by atoms with E-state index in [2.05, 4.69) is 12.2 Å². The summed E-state index contributed by atoms with van der Waals surface area (Å²) in [6.07, 6.45) is 3.90. The van der Waals surface area contributed by atoms with E-state index in [9.17, 15) is 0 Å². The maximum absolute atomic E-state index is 3.97. The maximum atomic E-state index is 3.97. The molecule has 0 fully saturated rings. The molecule has 0 aliphatic rings. The van der Waals surface area contributed by atoms with E-state index in [-0.39, 0.29) is 40.1 Å². The Morgan fingerprint density at radius 2 is 1.31 bits per heavy atom. The quantitative estimate of drug-likeness (QED) is 0.644. The minimum absolute atomic E-state index is 0. The summed E-state index contributed by atoms with van der Waals surface area (Å²) in [7, 11) is 1.87. The molecule has 0 aromatic carbocycles. The van der Waals surface area contributed by atoms with E-state index in [1.807, 2.05) is 34.7 Å². The zero-order valence-electron chi connectivity index (χ0n) is 9.85. The Labute approximate surface area is 112 Å². The molecule has 2 heteroatoms. The summed E-state index contributed by atoms with van der Waals surface area (Å²) >= 11 is 0. The van der Waals surface area contributed by atoms with E-state index < -0.39 is 0 Å². The van der Waals surface area contributed by atoms with Crippen molar-refractivity contribution in [1.82, 2.24) is 0 Å². The zero-order chi connectivity index (χ0) is 9.54. The van der Waals surface area contributed by atoms with Crippen molar-refractivity contribution in [2.24, 2.45) is 0 Å². The van der Waals surface area contributed by atoms with Crippen molar-refractivity contribution in [2.45, 2.75) is 61.3 Å². The first-order valence-electron chi connectivity index (χ1n) is 4.97. The van der Waals surface area contributed by atoms with Gasteiger partial charge < -0.3 is 5.32 Å². The van der Waals surface area contributed by atoms with E-state index in [1.165, 1.54) is 19.3 Å². The summed E-state index contributed by atoms with van der Waals surface area (Å²) in [5.74, 6) is 0. The van der Waals surface area contributed by atoms with Crippen LogP contribution < -0.4 is 0 Å². The molecule has 83 valence electrons. The van der Waals surface area contributed by atoms with Crippen LogP contribution in [-0.2, 0) is 32.7 Å². The van der Waals surface area contributed by atoms with Crippen LogP contribution in [0.4, 0.5) is 0 Å². The SMILES string of the molecule is C.CC.CC.CCCCC[N-]C.[Y]. The monoisotopic (exact) mass is 265 g/mol. The van der Waals surface area contributed by atoms with Gasteiger partial charge in [0.1, 0.15) is 0 Å². The van der Waals surface area contributed by atoms with Crippen LogP contribution in [0.3, 0.4) is 0 Å². The van der Waals surface area contributed by atoms with Crippen molar-refractivity contribution in [3.63, 3.8) is 0 Å². The number of unbranched alkanes of at least 4 members (excludes halogenated alkanes) is 2. The van der Waals surface area contributed by atoms with Crippen molar-refractivity contribution in [3.8, 4) is 0 Å². The van der Waals surface area contributed by atoms with E-state index >= 15 is 0 Å². The van der Waals surface area contributed by atoms with Crippen LogP contribution in [0.2, 0.25) is 0 Å². The molecule has 0 aromatic rings. The molecule has 0 spiro atoms. The van der Waals surface area contributed by atoms with E-state index in [4.69, 9.17) is 0 Å². The van der Waals surface area contributed by atoms with Gasteiger partial charge in [-0.05, 0) is 0 Å². The normalized spacial score (nSPS) is 6.00. The van der Waals surface area contributed by atoms with E-state index in [1.54, 1.807) is 0 Å². The molecule has 0 saturated heterocycles. The van der Waals surface area contributed by atoms with Crippen LogP contribution in [0.1, 0.15) is 61.3 Å². The average Bonchev–Trinajstić information content (AvgIpc) is 2.13. The van der Waals surface area contributed by atoms with Crippen molar-refractivity contribution in [1.29, 1.82) is 0 Å². The zero-order valence-corrected chi connectivity index (χ0v) is 12.7. The summed E-state index contributed by atoms with van der Waals surface area (Å²) in [5, 5.41) is 3.97. The van der Waals surface area contributed by atoms with Gasteiger partial charge in [-0.3, -0.25) is 0 Å². The number of hydrogen-bond acceptors (Lipinski definition) is 0. The molecule has 0 N–H and O–H groups in total. The number of nitrogens with zero attached hydrogens (tertiary/aromatic N) is 1. The average molecular weight is 265 g/mol. The van der Waals surface area contributed by atoms with Crippen LogP contribution in [0.25, 0.3) is 5.32 Å². The summed E-state index contributed by atoms with van der Waals surface area (Å²) in [4.78, 5) is 0. The van der Waals surface area contributed by atoms with Crippen LogP contribution in [0.5, 0.6) is 0 Å². The smallest absolute Gasteiger partial charge is 0 e. The number of hydrogen-bond donors (Lipinski definition) is 0. The molecule has 1 radical (unpaired) electrons. The summed E-state index contributed by atoms with van der Waals surface area (Å²) in [5.41, 5.74) is 0. The van der Waals surface area contributed by atoms with Gasteiger partial charge in [0.15, 0.2) is 0 Å². The van der Waals surface area contributed by atoms with Gasteiger partial charge in [0.25, 0.3) is 0 Å². The molecule has 0 amide bonds. The first-order chi connectivity index (χ1) is 5.41. The second-order valence-electron chi connectivity index (χ2n) is 1.75. The molecule has 0 saturated carbocycles. The van der Waals surface area contributed by atoms with Crippen LogP contribution in [-0.4, -0.2) is 13.6 Å². The fourth-order valence-electron chi connectivity index (χ4n) is 0.520. The minimum atomic E-state index is 0. The van der Waals surface area contributed by atoms with Gasteiger partial charge in [-0.25, -0.2) is 0 Å². The molecule has 1 nitrogen and oxygen atoms in total. The predicted octanol–water partition coefficient (Wildman–Crippen LogP) is 4.87. The van der Waals surface area contributed by atoms with Crippen LogP contribution in [0.15, 0.2) is 0 Å². The first kappa shape index (κ1) is 29.2. The Kier molecular flexibility index (Phi) is 116. The number of rotatable bonds is 4. The van der Waals surface area contributed by atoms with Crippen molar-refractivity contribution >= 4 is 0 Å². The third-order valence-corrected chi connectivity index (χ3v) is 0.985. The Morgan fingerprint density at radius 1 is 0.923 bits per heavy atom. The minimum Gasteiger partial charge on any atom is -0.665 e. The fraction of sp³-hybridized carbons (Fsp3) is 1.00. The summed E-state index contributed by atoms with van der Waals surface area (Å²) in [6.45, 7) is 11.3. The van der Waals surface area contributed by atoms with Crippen molar-refractivity contribution in [2.75, 3.05) is 13.6 Å². The van der Waals surface area contributed by atoms with Gasteiger partial charge in [-0.2, -0.15) is 7.05 Å². The molecule has 13 heavy (non-hydrogen) atoms. The van der Waals surface area contributed by atoms with Crippen molar-refractivity contribution in [3.05, 3.63) is 5.32 Å². The maximum Gasteiger partial charge on any atom is 0 e. The van der Waals surface area contributed by atoms with E-state index in [0.29, 0.717) is 0 Å². The molecule has 0 aliphatic heterocycles. The predicted molar refractivity (Wildman–Crippen MR) is 63.1 cm³/mol. The van der Waals surface area contributed by atoms with Gasteiger partial charge in [-0.1, -0.05) is 61.3 Å². The van der Waals surface area contributed by atoms with Gasteiger partial charge in [-0.15, -0.1) is 6.54 Å². The summed E-state index contributed by atoms with van der Waals surface area (Å²) < 4.78 is 0. The Morgan fingerprint density at radius 3 is 1.54 bits per heavy atom. The molecule has 0 atom stereocenters. The molecular formula is C11H30NY-. The molecule has 0 unspecified atom stereocenters. The standard InChI is InChI=1S/C6H14N.2C2H6.CH4.Y/c1-3-4-5-6-7-2;2*1-2;;/h3-6H2,1-2H3;2*1-2H3;1H4;/q-1;;;;. The van der Waals surface area contributed by atoms with Gasteiger partial charge in [0.05, 0.1) is 0 Å². The Hall–Kier alpha value is 1.06. The van der Waals surface area contributed by atoms with Crippen molar-refractivity contribution < 1.29 is 32.7 Å². The summed E-state index contributed by atoms with van der Waals surface area (Å²) in [6, 6.07) is 0. The van der Waals surface area contributed by atoms with Crippen LogP contribution in [0, 0.1) is 0 Å². The Balaban J connectivity index is -0.0000000315. The van der Waals surface area contributed by atoms with Crippen LogP contribution >= 0.6 is 0 Å². The molecule has 0 aliphatic carbocycles. The first-order valence-corrected chi connectivity index (χ1v) is 4.97. The molecule has 0 bridgehead atoms. The van der Waals surface area contributed by atoms with Gasteiger partial charge in [0, 0.05) is 32.7 Å².